The van der Waals surface area contributed by atoms with Gasteiger partial charge in [-0.1, -0.05) is 42.1 Å². The number of carbonyl (C=O) groups is 1. The minimum Gasteiger partial charge on any atom is -0.333 e. The summed E-state index contributed by atoms with van der Waals surface area (Å²) >= 11 is 1.66. The molecular weight excluding hydrogens is 318 g/mol. The quantitative estimate of drug-likeness (QED) is 0.774. The van der Waals surface area contributed by atoms with E-state index in [1.807, 2.05) is 49.4 Å². The topological polar surface area (TPSA) is 54.9 Å². The second-order valence-corrected chi connectivity index (χ2v) is 7.25. The molecule has 0 radical (unpaired) electrons. The summed E-state index contributed by atoms with van der Waals surface area (Å²) in [4.78, 5) is 21.1. The SMILES string of the molecule is CC1(c2cccc(-c3cncnc3)c2)NC(=O)c2ccccc2S1. The molecule has 1 unspecified atom stereocenters. The molecule has 1 aliphatic rings. The van der Waals surface area contributed by atoms with Crippen LogP contribution < -0.4 is 5.32 Å². The number of aromatic nitrogens is 2. The van der Waals surface area contributed by atoms with Gasteiger partial charge in [0.25, 0.3) is 5.91 Å². The van der Waals surface area contributed by atoms with Crippen molar-refractivity contribution in [3.05, 3.63) is 78.4 Å². The van der Waals surface area contributed by atoms with Crippen molar-refractivity contribution < 1.29 is 4.79 Å². The third-order valence-electron chi connectivity index (χ3n) is 4.11. The smallest absolute Gasteiger partial charge is 0.253 e. The summed E-state index contributed by atoms with van der Waals surface area (Å²) in [6, 6.07) is 15.8. The van der Waals surface area contributed by atoms with E-state index in [1.54, 1.807) is 24.2 Å². The summed E-state index contributed by atoms with van der Waals surface area (Å²) in [5, 5.41) is 3.14. The molecule has 4 nitrogen and oxygen atoms in total. The average molecular weight is 333 g/mol. The zero-order chi connectivity index (χ0) is 16.6. The first kappa shape index (κ1) is 14.9. The zero-order valence-electron chi connectivity index (χ0n) is 13.1. The molecule has 0 saturated heterocycles. The normalized spacial score (nSPS) is 19.5. The number of thioether (sulfide) groups is 1. The third-order valence-corrected chi connectivity index (χ3v) is 5.43. The van der Waals surface area contributed by atoms with Gasteiger partial charge >= 0.3 is 0 Å². The molecule has 1 aromatic heterocycles. The van der Waals surface area contributed by atoms with E-state index in [1.165, 1.54) is 6.33 Å². The van der Waals surface area contributed by atoms with E-state index < -0.39 is 4.87 Å². The molecular formula is C19H15N3OS. The monoisotopic (exact) mass is 333 g/mol. The van der Waals surface area contributed by atoms with Crippen molar-refractivity contribution in [3.63, 3.8) is 0 Å². The lowest BCUT2D eigenvalue weighted by atomic mass is 10.0. The van der Waals surface area contributed by atoms with E-state index >= 15 is 0 Å². The number of carbonyl (C=O) groups excluding carboxylic acids is 1. The molecule has 24 heavy (non-hydrogen) atoms. The summed E-state index contributed by atoms with van der Waals surface area (Å²) < 4.78 is 0. The van der Waals surface area contributed by atoms with Crippen LogP contribution in [-0.2, 0) is 4.87 Å². The van der Waals surface area contributed by atoms with Gasteiger partial charge in [0.15, 0.2) is 0 Å². The lowest BCUT2D eigenvalue weighted by molar-refractivity contribution is 0.0925. The standard InChI is InChI=1S/C19H15N3OS/c1-19(22-18(23)16-7-2-3-8-17(16)24-19)15-6-4-5-13(9-15)14-10-20-12-21-11-14/h2-12H,1H3,(H,22,23). The highest BCUT2D eigenvalue weighted by atomic mass is 32.2. The molecule has 1 aliphatic heterocycles. The number of nitrogens with one attached hydrogen (secondary N) is 1. The fourth-order valence-corrected chi connectivity index (χ4v) is 4.09. The molecule has 0 spiro atoms. The predicted molar refractivity (Wildman–Crippen MR) is 94.6 cm³/mol. The van der Waals surface area contributed by atoms with Gasteiger partial charge in [-0.3, -0.25) is 4.79 Å². The number of rotatable bonds is 2. The largest absolute Gasteiger partial charge is 0.333 e. The van der Waals surface area contributed by atoms with Gasteiger partial charge in [-0.15, -0.1) is 0 Å². The van der Waals surface area contributed by atoms with E-state index in [4.69, 9.17) is 0 Å². The molecule has 1 amide bonds. The molecule has 2 aromatic carbocycles. The van der Waals surface area contributed by atoms with Crippen molar-refractivity contribution in [1.29, 1.82) is 0 Å². The Kier molecular flexibility index (Phi) is 3.58. The van der Waals surface area contributed by atoms with Crippen molar-refractivity contribution in [1.82, 2.24) is 15.3 Å². The predicted octanol–water partition coefficient (Wildman–Crippen LogP) is 3.85. The van der Waals surface area contributed by atoms with Crippen LogP contribution in [0.2, 0.25) is 0 Å². The molecule has 118 valence electrons. The van der Waals surface area contributed by atoms with Crippen LogP contribution in [0.5, 0.6) is 0 Å². The molecule has 0 aliphatic carbocycles. The second kappa shape index (κ2) is 5.76. The van der Waals surface area contributed by atoms with Gasteiger partial charge < -0.3 is 5.32 Å². The van der Waals surface area contributed by atoms with Crippen LogP contribution in [0.25, 0.3) is 11.1 Å². The molecule has 0 saturated carbocycles. The number of fused-ring (bicyclic) bond motifs is 1. The Labute approximate surface area is 144 Å². The van der Waals surface area contributed by atoms with Gasteiger partial charge in [0.05, 0.1) is 5.56 Å². The minimum atomic E-state index is -0.517. The Hall–Kier alpha value is -2.66. The Morgan fingerprint density at radius 1 is 1.00 bits per heavy atom. The fourth-order valence-electron chi connectivity index (χ4n) is 2.85. The molecule has 4 rings (SSSR count). The van der Waals surface area contributed by atoms with Crippen molar-refractivity contribution in [3.8, 4) is 11.1 Å². The highest BCUT2D eigenvalue weighted by Gasteiger charge is 2.36. The zero-order valence-corrected chi connectivity index (χ0v) is 13.9. The van der Waals surface area contributed by atoms with Gasteiger partial charge in [0, 0.05) is 22.9 Å². The van der Waals surface area contributed by atoms with Crippen molar-refractivity contribution in [2.45, 2.75) is 16.7 Å². The van der Waals surface area contributed by atoms with Gasteiger partial charge in [-0.25, -0.2) is 9.97 Å². The summed E-state index contributed by atoms with van der Waals surface area (Å²) in [7, 11) is 0. The molecule has 2 heterocycles. The second-order valence-electron chi connectivity index (χ2n) is 5.79. The maximum atomic E-state index is 12.5. The summed E-state index contributed by atoms with van der Waals surface area (Å²) in [5.74, 6) is -0.0414. The number of hydrogen-bond donors (Lipinski definition) is 1. The molecule has 1 atom stereocenters. The fraction of sp³-hybridized carbons (Fsp3) is 0.105. The van der Waals surface area contributed by atoms with E-state index in [2.05, 4.69) is 21.4 Å². The van der Waals surface area contributed by atoms with Crippen LogP contribution in [0.1, 0.15) is 22.8 Å². The minimum absolute atomic E-state index is 0.0414. The van der Waals surface area contributed by atoms with Crippen LogP contribution >= 0.6 is 11.8 Å². The lowest BCUT2D eigenvalue weighted by Gasteiger charge is -2.35. The summed E-state index contributed by atoms with van der Waals surface area (Å²) in [6.45, 7) is 2.03. The first-order valence-electron chi connectivity index (χ1n) is 7.62. The Morgan fingerprint density at radius 2 is 1.79 bits per heavy atom. The van der Waals surface area contributed by atoms with Gasteiger partial charge in [0.1, 0.15) is 11.2 Å². The van der Waals surface area contributed by atoms with Crippen LogP contribution in [0.4, 0.5) is 0 Å². The maximum absolute atomic E-state index is 12.5. The third kappa shape index (κ3) is 2.57. The number of hydrogen-bond acceptors (Lipinski definition) is 4. The van der Waals surface area contributed by atoms with E-state index in [0.29, 0.717) is 0 Å². The number of nitrogens with zero attached hydrogens (tertiary/aromatic N) is 2. The van der Waals surface area contributed by atoms with E-state index in [0.717, 1.165) is 27.1 Å². The molecule has 5 heteroatoms. The Bertz CT molecular complexity index is 913. The number of benzene rings is 2. The summed E-state index contributed by atoms with van der Waals surface area (Å²) in [6.07, 6.45) is 5.09. The van der Waals surface area contributed by atoms with E-state index in [9.17, 15) is 4.79 Å². The summed E-state index contributed by atoms with van der Waals surface area (Å²) in [5.41, 5.74) is 3.75. The van der Waals surface area contributed by atoms with Gasteiger partial charge in [-0.05, 0) is 36.2 Å². The van der Waals surface area contributed by atoms with Crippen LogP contribution in [-0.4, -0.2) is 15.9 Å². The van der Waals surface area contributed by atoms with Crippen LogP contribution in [0, 0.1) is 0 Å². The molecule has 0 fully saturated rings. The van der Waals surface area contributed by atoms with Crippen molar-refractivity contribution in [2.24, 2.45) is 0 Å². The van der Waals surface area contributed by atoms with Gasteiger partial charge in [0.2, 0.25) is 0 Å². The Balaban J connectivity index is 1.75. The highest BCUT2D eigenvalue weighted by molar-refractivity contribution is 8.00. The van der Waals surface area contributed by atoms with Gasteiger partial charge in [-0.2, -0.15) is 0 Å². The molecule has 1 N–H and O–H groups in total. The van der Waals surface area contributed by atoms with Crippen LogP contribution in [0.15, 0.2) is 72.1 Å². The highest BCUT2D eigenvalue weighted by Crippen LogP contribution is 2.44. The van der Waals surface area contributed by atoms with Crippen LogP contribution in [0.3, 0.4) is 0 Å². The van der Waals surface area contributed by atoms with Crippen molar-refractivity contribution >= 4 is 17.7 Å². The molecule has 0 bridgehead atoms. The lowest BCUT2D eigenvalue weighted by Crippen LogP contribution is -2.44. The van der Waals surface area contributed by atoms with Crippen molar-refractivity contribution in [2.75, 3.05) is 0 Å². The molecule has 3 aromatic rings. The number of amides is 1. The first-order valence-corrected chi connectivity index (χ1v) is 8.44. The average Bonchev–Trinajstić information content (AvgIpc) is 2.62. The van der Waals surface area contributed by atoms with E-state index in [-0.39, 0.29) is 5.91 Å². The first-order chi connectivity index (χ1) is 11.7. The Morgan fingerprint density at radius 3 is 2.62 bits per heavy atom. The maximum Gasteiger partial charge on any atom is 0.253 e.